The first-order valence-corrected chi connectivity index (χ1v) is 10.8. The lowest BCUT2D eigenvalue weighted by Crippen LogP contribution is -2.38. The number of hydrogen-bond acceptors (Lipinski definition) is 5. The number of fused-ring (bicyclic) bond motifs is 1. The molecule has 7 nitrogen and oxygen atoms in total. The quantitative estimate of drug-likeness (QED) is 0.208. The van der Waals surface area contributed by atoms with E-state index >= 15 is 0 Å². The third-order valence-electron chi connectivity index (χ3n) is 5.14. The Morgan fingerprint density at radius 2 is 2.17 bits per heavy atom. The number of rotatable bonds is 10. The molecule has 2 atom stereocenters. The van der Waals surface area contributed by atoms with Crippen molar-refractivity contribution in [3.05, 3.63) is 23.3 Å². The number of ether oxygens (including phenoxy) is 4. The molecule has 2 unspecified atom stereocenters. The van der Waals surface area contributed by atoms with Gasteiger partial charge in [0.05, 0.1) is 26.4 Å². The van der Waals surface area contributed by atoms with E-state index in [9.17, 15) is 0 Å². The molecule has 1 saturated heterocycles. The number of nitrogens with one attached hydrogen (secondary N) is 2. The lowest BCUT2D eigenvalue weighted by molar-refractivity contribution is 0.0168. The molecule has 1 fully saturated rings. The van der Waals surface area contributed by atoms with Crippen LogP contribution in [0.2, 0.25) is 0 Å². The maximum absolute atomic E-state index is 5.88. The van der Waals surface area contributed by atoms with Gasteiger partial charge in [0, 0.05) is 43.9 Å². The van der Waals surface area contributed by atoms with Gasteiger partial charge in [0.1, 0.15) is 17.6 Å². The lowest BCUT2D eigenvalue weighted by atomic mass is 10.1. The summed E-state index contributed by atoms with van der Waals surface area (Å²) >= 11 is 0. The smallest absolute Gasteiger partial charge is 0.191 e. The van der Waals surface area contributed by atoms with Crippen molar-refractivity contribution in [2.75, 3.05) is 40.0 Å². The predicted molar refractivity (Wildman–Crippen MR) is 129 cm³/mol. The molecule has 0 bridgehead atoms. The zero-order valence-corrected chi connectivity index (χ0v) is 20.7. The Morgan fingerprint density at radius 1 is 1.30 bits per heavy atom. The molecule has 0 radical (unpaired) electrons. The Bertz CT molecular complexity index is 681. The van der Waals surface area contributed by atoms with Gasteiger partial charge in [-0.1, -0.05) is 0 Å². The average molecular weight is 533 g/mol. The third-order valence-corrected chi connectivity index (χ3v) is 5.14. The zero-order chi connectivity index (χ0) is 20.5. The first-order valence-electron chi connectivity index (χ1n) is 10.8. The summed E-state index contributed by atoms with van der Waals surface area (Å²) in [5, 5.41) is 6.66. The summed E-state index contributed by atoms with van der Waals surface area (Å²) in [7, 11) is 1.70. The normalized spacial score (nSPS) is 20.3. The highest BCUT2D eigenvalue weighted by Crippen LogP contribution is 2.35. The fourth-order valence-electron chi connectivity index (χ4n) is 3.67. The molecular formula is C22H36IN3O4. The van der Waals surface area contributed by atoms with E-state index in [1.54, 1.807) is 7.11 Å². The molecular weight excluding hydrogens is 497 g/mol. The summed E-state index contributed by atoms with van der Waals surface area (Å²) in [6.07, 6.45) is 4.62. The number of benzene rings is 1. The zero-order valence-electron chi connectivity index (χ0n) is 18.4. The largest absolute Gasteiger partial charge is 0.496 e. The van der Waals surface area contributed by atoms with Crippen LogP contribution in [0.25, 0.3) is 0 Å². The standard InChI is InChI=1S/C22H35N3O4.HI/c1-4-23-22(24-8-6-9-27-15-19-7-5-10-28-19)25-14-18-13-21-17(11-16(2)29-21)12-20(18)26-3;/h12-13,16,19H,4-11,14-15H2,1-3H3,(H2,23,24,25);1H. The molecule has 0 aliphatic carbocycles. The molecule has 1 aromatic rings. The van der Waals surface area contributed by atoms with Crippen LogP contribution in [0.1, 0.15) is 44.2 Å². The van der Waals surface area contributed by atoms with Crippen LogP contribution in [0.4, 0.5) is 0 Å². The number of halogens is 1. The van der Waals surface area contributed by atoms with Crippen molar-refractivity contribution in [3.8, 4) is 11.5 Å². The van der Waals surface area contributed by atoms with Gasteiger partial charge in [0.25, 0.3) is 0 Å². The van der Waals surface area contributed by atoms with E-state index in [4.69, 9.17) is 23.9 Å². The Morgan fingerprint density at radius 3 is 2.90 bits per heavy atom. The fraction of sp³-hybridized carbons (Fsp3) is 0.682. The minimum atomic E-state index is 0. The predicted octanol–water partition coefficient (Wildman–Crippen LogP) is 3.28. The molecule has 0 spiro atoms. The molecule has 2 heterocycles. The molecule has 0 amide bonds. The maximum Gasteiger partial charge on any atom is 0.191 e. The summed E-state index contributed by atoms with van der Waals surface area (Å²) in [6, 6.07) is 4.14. The summed E-state index contributed by atoms with van der Waals surface area (Å²) in [5.74, 6) is 2.61. The van der Waals surface area contributed by atoms with Gasteiger partial charge in [-0.25, -0.2) is 4.99 Å². The fourth-order valence-corrected chi connectivity index (χ4v) is 3.67. The Kier molecular flexibility index (Phi) is 11.0. The summed E-state index contributed by atoms with van der Waals surface area (Å²) in [5.41, 5.74) is 2.23. The van der Waals surface area contributed by atoms with Crippen LogP contribution < -0.4 is 20.1 Å². The van der Waals surface area contributed by atoms with Gasteiger partial charge in [-0.3, -0.25) is 0 Å². The van der Waals surface area contributed by atoms with E-state index in [0.717, 1.165) is 75.0 Å². The molecule has 8 heteroatoms. The molecule has 2 aliphatic heterocycles. The van der Waals surface area contributed by atoms with Crippen molar-refractivity contribution in [1.82, 2.24) is 10.6 Å². The molecule has 170 valence electrons. The molecule has 2 N–H and O–H groups in total. The van der Waals surface area contributed by atoms with E-state index in [1.165, 1.54) is 5.56 Å². The van der Waals surface area contributed by atoms with Gasteiger partial charge in [-0.15, -0.1) is 24.0 Å². The van der Waals surface area contributed by atoms with Crippen LogP contribution in [-0.4, -0.2) is 58.2 Å². The van der Waals surface area contributed by atoms with E-state index in [-0.39, 0.29) is 36.2 Å². The molecule has 0 saturated carbocycles. The molecule has 2 aliphatic rings. The van der Waals surface area contributed by atoms with Crippen molar-refractivity contribution in [1.29, 1.82) is 0 Å². The topological polar surface area (TPSA) is 73.3 Å². The van der Waals surface area contributed by atoms with Crippen LogP contribution in [0.3, 0.4) is 0 Å². The first-order chi connectivity index (χ1) is 14.2. The van der Waals surface area contributed by atoms with E-state index in [0.29, 0.717) is 13.2 Å². The third kappa shape index (κ3) is 7.46. The van der Waals surface area contributed by atoms with Crippen molar-refractivity contribution in [3.63, 3.8) is 0 Å². The van der Waals surface area contributed by atoms with E-state index < -0.39 is 0 Å². The second-order valence-corrected chi connectivity index (χ2v) is 7.59. The van der Waals surface area contributed by atoms with Crippen LogP contribution in [0, 0.1) is 0 Å². The van der Waals surface area contributed by atoms with Crippen molar-refractivity contribution in [2.24, 2.45) is 4.99 Å². The molecule has 30 heavy (non-hydrogen) atoms. The van der Waals surface area contributed by atoms with E-state index in [1.807, 2.05) is 0 Å². The number of hydrogen-bond donors (Lipinski definition) is 2. The van der Waals surface area contributed by atoms with Gasteiger partial charge in [-0.05, 0) is 45.2 Å². The van der Waals surface area contributed by atoms with Gasteiger partial charge >= 0.3 is 0 Å². The summed E-state index contributed by atoms with van der Waals surface area (Å²) < 4.78 is 22.7. The van der Waals surface area contributed by atoms with Gasteiger partial charge < -0.3 is 29.6 Å². The SMILES string of the molecule is CCNC(=NCc1cc2c(cc1OC)CC(C)O2)NCCCOCC1CCCO1.I. The molecule has 0 aromatic heterocycles. The monoisotopic (exact) mass is 533 g/mol. The Labute approximate surface area is 197 Å². The second-order valence-electron chi connectivity index (χ2n) is 7.59. The van der Waals surface area contributed by atoms with E-state index in [2.05, 4.69) is 36.6 Å². The number of methoxy groups -OCH3 is 1. The molecule has 1 aromatic carbocycles. The summed E-state index contributed by atoms with van der Waals surface area (Å²) in [4.78, 5) is 4.72. The maximum atomic E-state index is 5.88. The van der Waals surface area contributed by atoms with Crippen LogP contribution >= 0.6 is 24.0 Å². The summed E-state index contributed by atoms with van der Waals surface area (Å²) in [6.45, 7) is 8.59. The lowest BCUT2D eigenvalue weighted by Gasteiger charge is -2.14. The van der Waals surface area contributed by atoms with Crippen LogP contribution in [0.15, 0.2) is 17.1 Å². The minimum Gasteiger partial charge on any atom is -0.496 e. The highest BCUT2D eigenvalue weighted by atomic mass is 127. The van der Waals surface area contributed by atoms with Crippen molar-refractivity contribution in [2.45, 2.75) is 58.3 Å². The van der Waals surface area contributed by atoms with Crippen LogP contribution in [-0.2, 0) is 22.4 Å². The minimum absolute atomic E-state index is 0. The van der Waals surface area contributed by atoms with Gasteiger partial charge in [-0.2, -0.15) is 0 Å². The van der Waals surface area contributed by atoms with Crippen LogP contribution in [0.5, 0.6) is 11.5 Å². The van der Waals surface area contributed by atoms with Gasteiger partial charge in [0.15, 0.2) is 5.96 Å². The first kappa shape index (κ1) is 25.0. The highest BCUT2D eigenvalue weighted by Gasteiger charge is 2.21. The second kappa shape index (κ2) is 13.2. The number of aliphatic imine (C=N–C) groups is 1. The number of nitrogens with zero attached hydrogens (tertiary/aromatic N) is 1. The van der Waals surface area contributed by atoms with Crippen molar-refractivity contribution >= 4 is 29.9 Å². The number of guanidine groups is 1. The van der Waals surface area contributed by atoms with Crippen molar-refractivity contribution < 1.29 is 18.9 Å². The Balaban J connectivity index is 0.00000320. The Hall–Kier alpha value is -1.26. The highest BCUT2D eigenvalue weighted by molar-refractivity contribution is 14.0. The average Bonchev–Trinajstić information content (AvgIpc) is 3.35. The van der Waals surface area contributed by atoms with Gasteiger partial charge in [0.2, 0.25) is 0 Å². The molecule has 3 rings (SSSR count).